The molecule has 0 radical (unpaired) electrons. The second kappa shape index (κ2) is 30.3. The van der Waals surface area contributed by atoms with E-state index in [2.05, 4.69) is 20.7 Å². The summed E-state index contributed by atoms with van der Waals surface area (Å²) < 4.78 is 56.1. The number of likely N-dealkylation sites (tertiary alicyclic amines) is 1. The summed E-state index contributed by atoms with van der Waals surface area (Å²) in [6.45, 7) is 19.0. The van der Waals surface area contributed by atoms with Crippen molar-refractivity contribution in [2.75, 3.05) is 54.2 Å². The van der Waals surface area contributed by atoms with E-state index in [0.29, 0.717) is 44.9 Å². The predicted molar refractivity (Wildman–Crippen MR) is 279 cm³/mol. The highest BCUT2D eigenvalue weighted by Crippen LogP contribution is 2.31. The van der Waals surface area contributed by atoms with Crippen LogP contribution in [0.4, 0.5) is 0 Å². The normalized spacial score (nSPS) is 18.8. The minimum Gasteiger partial charge on any atom is -0.460 e. The van der Waals surface area contributed by atoms with Gasteiger partial charge in [0.15, 0.2) is 0 Å². The maximum absolute atomic E-state index is 14.6. The molecule has 2 fully saturated rings. The number of rotatable bonds is 33. The zero-order chi connectivity index (χ0) is 55.5. The van der Waals surface area contributed by atoms with Gasteiger partial charge in [0.2, 0.25) is 33.7 Å². The topological polar surface area (TPSA) is 254 Å². The number of carbonyl (C=O) groups excluding carboxylic acids is 7. The number of nitrogens with zero attached hydrogens (tertiary/aromatic N) is 2. The van der Waals surface area contributed by atoms with E-state index < -0.39 is 93.0 Å². The second-order valence-electron chi connectivity index (χ2n) is 21.4. The van der Waals surface area contributed by atoms with Crippen LogP contribution in [0.15, 0.2) is 30.3 Å². The Balaban J connectivity index is 1.70. The van der Waals surface area contributed by atoms with E-state index in [4.69, 9.17) is 23.7 Å². The van der Waals surface area contributed by atoms with Crippen LogP contribution in [0.1, 0.15) is 120 Å². The van der Waals surface area contributed by atoms with Crippen LogP contribution in [0.2, 0.25) is 0 Å². The van der Waals surface area contributed by atoms with Gasteiger partial charge in [-0.2, -0.15) is 0 Å². The maximum Gasteiger partial charge on any atom is 0.308 e. The van der Waals surface area contributed by atoms with Crippen molar-refractivity contribution in [3.05, 3.63) is 35.9 Å². The smallest absolute Gasteiger partial charge is 0.308 e. The van der Waals surface area contributed by atoms with Crippen LogP contribution >= 0.6 is 0 Å². The molecule has 1 saturated heterocycles. The van der Waals surface area contributed by atoms with Gasteiger partial charge < -0.3 is 54.2 Å². The molecule has 1 aliphatic carbocycles. The lowest BCUT2D eigenvalue weighted by Gasteiger charge is -2.41. The highest BCUT2D eigenvalue weighted by Gasteiger charge is 2.44. The van der Waals surface area contributed by atoms with Gasteiger partial charge in [0.05, 0.1) is 74.2 Å². The van der Waals surface area contributed by atoms with Gasteiger partial charge in [0.25, 0.3) is 5.91 Å². The molecule has 420 valence electrons. The number of benzene rings is 1. The van der Waals surface area contributed by atoms with Crippen molar-refractivity contribution < 1.29 is 65.7 Å². The van der Waals surface area contributed by atoms with Gasteiger partial charge in [-0.25, -0.2) is 8.42 Å². The molecule has 5 amide bonds. The Kier molecular flexibility index (Phi) is 26.1. The Morgan fingerprint density at radius 1 is 0.851 bits per heavy atom. The lowest BCUT2D eigenvalue weighted by atomic mass is 9.89. The summed E-state index contributed by atoms with van der Waals surface area (Å²) in [6, 6.07) is 4.84. The molecule has 0 spiro atoms. The van der Waals surface area contributed by atoms with Crippen LogP contribution in [-0.4, -0.2) is 174 Å². The number of aldehydes is 1. The highest BCUT2D eigenvalue weighted by atomic mass is 32.2. The van der Waals surface area contributed by atoms with Gasteiger partial charge in [0.1, 0.15) is 30.1 Å². The molecular weight excluding hydrogens is 977 g/mol. The molecule has 20 nitrogen and oxygen atoms in total. The molecule has 1 saturated carbocycles. The van der Waals surface area contributed by atoms with Crippen LogP contribution in [0, 0.1) is 23.7 Å². The van der Waals surface area contributed by atoms with Crippen molar-refractivity contribution >= 4 is 51.8 Å². The molecule has 1 aromatic carbocycles. The first kappa shape index (κ1) is 63.8. The number of sulfonamides is 1. The average molecular weight is 1070 g/mol. The van der Waals surface area contributed by atoms with Crippen LogP contribution in [-0.2, 0) is 73.7 Å². The molecule has 1 aliphatic heterocycles. The first-order chi connectivity index (χ1) is 34.8. The highest BCUT2D eigenvalue weighted by molar-refractivity contribution is 7.90. The molecule has 2 aliphatic rings. The molecular formula is C53H88N6O14S. The summed E-state index contributed by atoms with van der Waals surface area (Å²) in [7, 11) is 0.706. The third-order valence-electron chi connectivity index (χ3n) is 13.7. The molecule has 3 rings (SSSR count). The SMILES string of the molecule is CC[C@H](C)[C@@H]([C@@H](CC(=O)N1CCC[C@H]1[C@H](OC)[C@@H](C)C(=O)N[C@@H](Cc1ccccc1)C(=O)NS(=O)(=O)C1CC1)OC)N(C)C(=O)[C@@H](NC(=O)[C@@H](NCC(C=O)OCCOCCC(=O)OC(C)(C)C)C(C)C)C(C)C. The van der Waals surface area contributed by atoms with E-state index >= 15 is 0 Å². The van der Waals surface area contributed by atoms with Crippen molar-refractivity contribution in [2.24, 2.45) is 23.7 Å². The van der Waals surface area contributed by atoms with E-state index in [1.165, 1.54) is 14.2 Å². The number of esters is 1. The van der Waals surface area contributed by atoms with Crippen molar-refractivity contribution in [1.82, 2.24) is 30.5 Å². The minimum atomic E-state index is -3.89. The van der Waals surface area contributed by atoms with Crippen molar-refractivity contribution in [3.63, 3.8) is 0 Å². The molecule has 1 aromatic rings. The summed E-state index contributed by atoms with van der Waals surface area (Å²) in [5.74, 6) is -4.48. The number of hydrogen-bond donors (Lipinski definition) is 4. The van der Waals surface area contributed by atoms with Crippen LogP contribution in [0.25, 0.3) is 0 Å². The third-order valence-corrected chi connectivity index (χ3v) is 15.5. The van der Waals surface area contributed by atoms with E-state index in [-0.39, 0.29) is 81.2 Å². The minimum absolute atomic E-state index is 0.00906. The standard InChI is InChI=1S/C53H88N6O14S/c1-14-35(6)47(58(11)52(66)46(34(4)5)56-51(65)45(33(2)3)54-31-38(32-60)72-28-27-71-26-24-44(62)73-53(8,9)10)42(69-12)30-43(61)59-25-18-21-41(59)48(70-13)36(7)49(63)55-40(29-37-19-16-15-17-20-37)50(64)57-74(67,68)39-22-23-39/h15-17,19-20,32-36,38-42,45-48,54H,14,18,21-31H2,1-13H3,(H,55,63)(H,56,65)(H,57,64)/t35-,36+,38?,40-,41-,42+,45-,46-,47-,48+/m0/s1. The van der Waals surface area contributed by atoms with Gasteiger partial charge in [-0.3, -0.25) is 33.5 Å². The van der Waals surface area contributed by atoms with Gasteiger partial charge >= 0.3 is 5.97 Å². The van der Waals surface area contributed by atoms with E-state index in [1.54, 1.807) is 68.8 Å². The second-order valence-corrected chi connectivity index (χ2v) is 23.4. The summed E-state index contributed by atoms with van der Waals surface area (Å²) in [5, 5.41) is 8.24. The van der Waals surface area contributed by atoms with E-state index in [0.717, 1.165) is 5.56 Å². The maximum atomic E-state index is 14.6. The Bertz CT molecular complexity index is 2080. The molecule has 0 bridgehead atoms. The average Bonchev–Trinajstić information content (AvgIpc) is 4.10. The number of carbonyl (C=O) groups is 7. The molecule has 1 heterocycles. The Hall–Kier alpha value is -4.54. The fourth-order valence-electron chi connectivity index (χ4n) is 9.25. The lowest BCUT2D eigenvalue weighted by Crippen LogP contribution is -2.60. The number of nitrogens with one attached hydrogen (secondary N) is 4. The van der Waals surface area contributed by atoms with Crippen molar-refractivity contribution in [3.8, 4) is 0 Å². The van der Waals surface area contributed by atoms with Crippen molar-refractivity contribution in [2.45, 2.75) is 180 Å². The number of amides is 5. The fourth-order valence-corrected chi connectivity index (χ4v) is 10.6. The first-order valence-electron chi connectivity index (χ1n) is 26.2. The lowest BCUT2D eigenvalue weighted by molar-refractivity contribution is -0.156. The van der Waals surface area contributed by atoms with Crippen LogP contribution < -0.4 is 20.7 Å². The zero-order valence-electron chi connectivity index (χ0n) is 46.2. The third kappa shape index (κ3) is 19.9. The summed E-state index contributed by atoms with van der Waals surface area (Å²) in [6.07, 6.45) is 0.871. The Morgan fingerprint density at radius 3 is 2.05 bits per heavy atom. The van der Waals surface area contributed by atoms with Crippen molar-refractivity contribution in [1.29, 1.82) is 0 Å². The fraction of sp³-hybridized carbons (Fsp3) is 0.755. The largest absolute Gasteiger partial charge is 0.460 e. The Morgan fingerprint density at radius 2 is 1.50 bits per heavy atom. The molecule has 0 aromatic heterocycles. The van der Waals surface area contributed by atoms with E-state index in [1.807, 2.05) is 47.6 Å². The molecule has 1 unspecified atom stereocenters. The molecule has 4 N–H and O–H groups in total. The number of ether oxygens (including phenoxy) is 5. The zero-order valence-corrected chi connectivity index (χ0v) is 47.0. The van der Waals surface area contributed by atoms with Gasteiger partial charge in [-0.1, -0.05) is 85.2 Å². The number of hydrogen-bond acceptors (Lipinski definition) is 15. The predicted octanol–water partition coefficient (Wildman–Crippen LogP) is 3.33. The Labute approximate surface area is 440 Å². The van der Waals surface area contributed by atoms with E-state index in [9.17, 15) is 42.0 Å². The first-order valence-corrected chi connectivity index (χ1v) is 27.8. The van der Waals surface area contributed by atoms with Gasteiger partial charge in [-0.05, 0) is 69.8 Å². The van der Waals surface area contributed by atoms with Gasteiger partial charge in [0, 0.05) is 40.8 Å². The number of methoxy groups -OCH3 is 2. The molecule has 10 atom stereocenters. The quantitative estimate of drug-likeness (QED) is 0.0448. The molecule has 74 heavy (non-hydrogen) atoms. The number of likely N-dealkylation sites (N-methyl/N-ethyl adjacent to an activating group) is 1. The van der Waals surface area contributed by atoms with Crippen LogP contribution in [0.5, 0.6) is 0 Å². The van der Waals surface area contributed by atoms with Crippen LogP contribution in [0.3, 0.4) is 0 Å². The van der Waals surface area contributed by atoms with Gasteiger partial charge in [-0.15, -0.1) is 0 Å². The molecule has 21 heteroatoms. The summed E-state index contributed by atoms with van der Waals surface area (Å²) in [5.41, 5.74) is 0.121. The summed E-state index contributed by atoms with van der Waals surface area (Å²) >= 11 is 0. The monoisotopic (exact) mass is 1060 g/mol. The summed E-state index contributed by atoms with van der Waals surface area (Å²) in [4.78, 5) is 97.7.